The van der Waals surface area contributed by atoms with E-state index in [1.807, 2.05) is 42.5 Å². The van der Waals surface area contributed by atoms with Crippen molar-refractivity contribution >= 4 is 17.3 Å². The predicted molar refractivity (Wildman–Crippen MR) is 145 cm³/mol. The molecule has 0 spiro atoms. The summed E-state index contributed by atoms with van der Waals surface area (Å²) < 4.78 is 46.5. The summed E-state index contributed by atoms with van der Waals surface area (Å²) in [7, 11) is 0. The fourth-order valence-electron chi connectivity index (χ4n) is 4.92. The van der Waals surface area contributed by atoms with Crippen LogP contribution < -0.4 is 5.32 Å². The molecule has 9 heteroatoms. The van der Waals surface area contributed by atoms with Gasteiger partial charge in [-0.25, -0.2) is 15.0 Å². The van der Waals surface area contributed by atoms with Crippen molar-refractivity contribution in [2.75, 3.05) is 25.0 Å². The summed E-state index contributed by atoms with van der Waals surface area (Å²) in [6.45, 7) is 4.29. The standard InChI is InChI=1S/C30H34F3N5O/c1-21(22-6-3-2-4-7-22)14-17-39-20-27-26(30(31,32)33)19-35-29(36-27)37-28-12-9-24(18-34-28)23-8-5-15-38(16-13-23)25-10-11-25/h2-4,6-9,12,18-19,21,25H,5,10-11,13-17,20H2,1H3,(H,34,35,36,37). The Morgan fingerprint density at radius 3 is 2.59 bits per heavy atom. The van der Waals surface area contributed by atoms with Crippen LogP contribution in [-0.2, 0) is 17.5 Å². The van der Waals surface area contributed by atoms with Gasteiger partial charge in [0, 0.05) is 38.1 Å². The topological polar surface area (TPSA) is 63.2 Å². The summed E-state index contributed by atoms with van der Waals surface area (Å²) in [5.41, 5.74) is 2.41. The molecule has 5 rings (SSSR count). The molecule has 1 fully saturated rings. The van der Waals surface area contributed by atoms with Crippen molar-refractivity contribution < 1.29 is 17.9 Å². The highest BCUT2D eigenvalue weighted by Crippen LogP contribution is 2.33. The van der Waals surface area contributed by atoms with Gasteiger partial charge in [-0.1, -0.05) is 43.3 Å². The fourth-order valence-corrected chi connectivity index (χ4v) is 4.92. The highest BCUT2D eigenvalue weighted by molar-refractivity contribution is 5.66. The number of alkyl halides is 3. The second-order valence-corrected chi connectivity index (χ2v) is 10.3. The van der Waals surface area contributed by atoms with Gasteiger partial charge in [0.1, 0.15) is 5.82 Å². The van der Waals surface area contributed by atoms with E-state index >= 15 is 0 Å². The van der Waals surface area contributed by atoms with Crippen molar-refractivity contribution in [3.05, 3.63) is 83.3 Å². The first-order chi connectivity index (χ1) is 18.9. The van der Waals surface area contributed by atoms with Crippen LogP contribution in [0.1, 0.15) is 67.3 Å². The lowest BCUT2D eigenvalue weighted by molar-refractivity contribution is -0.139. The molecular formula is C30H34F3N5O. The van der Waals surface area contributed by atoms with E-state index < -0.39 is 11.7 Å². The third-order valence-corrected chi connectivity index (χ3v) is 7.39. The van der Waals surface area contributed by atoms with E-state index in [4.69, 9.17) is 4.74 Å². The zero-order chi connectivity index (χ0) is 27.2. The van der Waals surface area contributed by atoms with E-state index in [0.717, 1.165) is 43.7 Å². The van der Waals surface area contributed by atoms with Gasteiger partial charge >= 0.3 is 6.18 Å². The van der Waals surface area contributed by atoms with Crippen LogP contribution in [0.3, 0.4) is 0 Å². The van der Waals surface area contributed by atoms with E-state index in [2.05, 4.69) is 38.2 Å². The summed E-state index contributed by atoms with van der Waals surface area (Å²) >= 11 is 0. The molecule has 1 aromatic carbocycles. The SMILES string of the molecule is CC(CCOCc1nc(Nc2ccc(C3=CCCN(C4CC4)CC3)cn2)ncc1C(F)(F)F)c1ccccc1. The predicted octanol–water partition coefficient (Wildman–Crippen LogP) is 6.99. The van der Waals surface area contributed by atoms with Gasteiger partial charge in [0.15, 0.2) is 0 Å². The molecule has 2 aromatic heterocycles. The number of pyridine rings is 1. The molecule has 1 aliphatic carbocycles. The maximum Gasteiger partial charge on any atom is 0.419 e. The van der Waals surface area contributed by atoms with Crippen molar-refractivity contribution in [2.45, 2.75) is 63.8 Å². The molecule has 39 heavy (non-hydrogen) atoms. The van der Waals surface area contributed by atoms with Crippen LogP contribution in [0.15, 0.2) is 60.9 Å². The fraction of sp³-hybridized carbons (Fsp3) is 0.433. The molecule has 0 amide bonds. The lowest BCUT2D eigenvalue weighted by Crippen LogP contribution is -2.26. The van der Waals surface area contributed by atoms with Gasteiger partial charge in [0.2, 0.25) is 5.95 Å². The molecule has 0 saturated heterocycles. The van der Waals surface area contributed by atoms with E-state index in [0.29, 0.717) is 18.8 Å². The van der Waals surface area contributed by atoms with Crippen LogP contribution >= 0.6 is 0 Å². The van der Waals surface area contributed by atoms with Crippen LogP contribution in [0, 0.1) is 0 Å². The highest BCUT2D eigenvalue weighted by atomic mass is 19.4. The van der Waals surface area contributed by atoms with Gasteiger partial charge in [0.05, 0.1) is 17.9 Å². The molecule has 0 bridgehead atoms. The Bertz CT molecular complexity index is 1260. The first-order valence-electron chi connectivity index (χ1n) is 13.6. The Balaban J connectivity index is 1.20. The minimum Gasteiger partial charge on any atom is -0.375 e. The van der Waals surface area contributed by atoms with Gasteiger partial charge in [-0.15, -0.1) is 0 Å². The Morgan fingerprint density at radius 1 is 1.05 bits per heavy atom. The Labute approximate surface area is 227 Å². The van der Waals surface area contributed by atoms with Crippen LogP contribution in [0.4, 0.5) is 24.9 Å². The maximum atomic E-state index is 13.6. The normalized spacial score (nSPS) is 17.4. The lowest BCUT2D eigenvalue weighted by Gasteiger charge is -2.19. The number of aromatic nitrogens is 3. The van der Waals surface area contributed by atoms with E-state index in [-0.39, 0.29) is 24.2 Å². The molecule has 206 valence electrons. The zero-order valence-corrected chi connectivity index (χ0v) is 22.1. The number of nitrogens with one attached hydrogen (secondary N) is 1. The minimum atomic E-state index is -4.57. The molecule has 1 unspecified atom stereocenters. The van der Waals surface area contributed by atoms with Crippen molar-refractivity contribution in [3.63, 3.8) is 0 Å². The van der Waals surface area contributed by atoms with E-state index in [1.54, 1.807) is 6.20 Å². The van der Waals surface area contributed by atoms with Gasteiger partial charge < -0.3 is 10.1 Å². The molecule has 3 heterocycles. The number of nitrogens with zero attached hydrogens (tertiary/aromatic N) is 4. The molecule has 1 aliphatic heterocycles. The number of rotatable bonds is 10. The van der Waals surface area contributed by atoms with Gasteiger partial charge in [-0.3, -0.25) is 4.90 Å². The van der Waals surface area contributed by atoms with Crippen LogP contribution in [0.2, 0.25) is 0 Å². The number of anilines is 2. The van der Waals surface area contributed by atoms with Crippen molar-refractivity contribution in [3.8, 4) is 0 Å². The summed E-state index contributed by atoms with van der Waals surface area (Å²) in [4.78, 5) is 15.1. The largest absolute Gasteiger partial charge is 0.419 e. The van der Waals surface area contributed by atoms with Crippen LogP contribution in [0.5, 0.6) is 0 Å². The summed E-state index contributed by atoms with van der Waals surface area (Å²) in [6.07, 6.45) is 5.64. The lowest BCUT2D eigenvalue weighted by atomic mass is 9.98. The monoisotopic (exact) mass is 537 g/mol. The summed E-state index contributed by atoms with van der Waals surface area (Å²) in [6, 6.07) is 14.5. The van der Waals surface area contributed by atoms with Gasteiger partial charge in [-0.05, 0) is 66.9 Å². The number of hydrogen-bond donors (Lipinski definition) is 1. The van der Waals surface area contributed by atoms with Crippen molar-refractivity contribution in [1.29, 1.82) is 0 Å². The number of ether oxygens (including phenoxy) is 1. The van der Waals surface area contributed by atoms with E-state index in [1.165, 1.54) is 24.0 Å². The second-order valence-electron chi connectivity index (χ2n) is 10.3. The average Bonchev–Trinajstić information content (AvgIpc) is 3.79. The summed E-state index contributed by atoms with van der Waals surface area (Å²) in [5, 5.41) is 2.94. The minimum absolute atomic E-state index is 0.0493. The quantitative estimate of drug-likeness (QED) is 0.281. The van der Waals surface area contributed by atoms with Crippen LogP contribution in [0.25, 0.3) is 5.57 Å². The highest BCUT2D eigenvalue weighted by Gasteiger charge is 2.35. The Morgan fingerprint density at radius 2 is 1.87 bits per heavy atom. The van der Waals surface area contributed by atoms with Crippen molar-refractivity contribution in [2.24, 2.45) is 0 Å². The van der Waals surface area contributed by atoms with E-state index in [9.17, 15) is 13.2 Å². The maximum absolute atomic E-state index is 13.6. The average molecular weight is 538 g/mol. The Kier molecular flexibility index (Phi) is 8.57. The van der Waals surface area contributed by atoms with Crippen molar-refractivity contribution in [1.82, 2.24) is 19.9 Å². The molecule has 1 N–H and O–H groups in total. The molecule has 1 saturated carbocycles. The molecule has 1 atom stereocenters. The number of hydrogen-bond acceptors (Lipinski definition) is 6. The first kappa shape index (κ1) is 27.3. The molecule has 2 aliphatic rings. The summed E-state index contributed by atoms with van der Waals surface area (Å²) in [5.74, 6) is 0.750. The molecule has 0 radical (unpaired) electrons. The Hall–Kier alpha value is -3.30. The molecule has 3 aromatic rings. The number of benzene rings is 1. The third kappa shape index (κ3) is 7.42. The van der Waals surface area contributed by atoms with Gasteiger partial charge in [0.25, 0.3) is 0 Å². The first-order valence-corrected chi connectivity index (χ1v) is 13.6. The van der Waals surface area contributed by atoms with Gasteiger partial charge in [-0.2, -0.15) is 13.2 Å². The molecule has 6 nitrogen and oxygen atoms in total. The molecular weight excluding hydrogens is 503 g/mol. The zero-order valence-electron chi connectivity index (χ0n) is 22.1. The number of halogens is 3. The van der Waals surface area contributed by atoms with Crippen LogP contribution in [-0.4, -0.2) is 45.6 Å². The third-order valence-electron chi connectivity index (χ3n) is 7.39. The second kappa shape index (κ2) is 12.3. The smallest absolute Gasteiger partial charge is 0.375 e.